The molecule has 2 aliphatic rings. The largest absolute Gasteiger partial charge is 0.465 e. The fourth-order valence-corrected chi connectivity index (χ4v) is 4.71. The Bertz CT molecular complexity index is 732. The number of nitrogens with one attached hydrogen (secondary N) is 1. The highest BCUT2D eigenvalue weighted by molar-refractivity contribution is 7.93. The predicted molar refractivity (Wildman–Crippen MR) is 89.9 cm³/mol. The van der Waals surface area contributed by atoms with Gasteiger partial charge in [-0.05, 0) is 25.5 Å². The Morgan fingerprint density at radius 1 is 1.30 bits per heavy atom. The Kier molecular flexibility index (Phi) is 4.09. The van der Waals surface area contributed by atoms with Crippen LogP contribution in [0.2, 0.25) is 0 Å². The van der Waals surface area contributed by atoms with Gasteiger partial charge in [0.15, 0.2) is 0 Å². The number of sulfonamides is 1. The second kappa shape index (κ2) is 5.92. The summed E-state index contributed by atoms with van der Waals surface area (Å²) in [6.45, 7) is 4.80. The number of fused-ring (bicyclic) bond motifs is 1. The third kappa shape index (κ3) is 2.71. The van der Waals surface area contributed by atoms with E-state index in [1.165, 1.54) is 11.4 Å². The number of nitrogens with zero attached hydrogens (tertiary/aromatic N) is 2. The first kappa shape index (κ1) is 15.9. The summed E-state index contributed by atoms with van der Waals surface area (Å²) < 4.78 is 30.9. The molecule has 1 aromatic carbocycles. The number of rotatable bonds is 3. The lowest BCUT2D eigenvalue weighted by Crippen LogP contribution is -2.36. The molecular formula is C15H21N3O4S. The smallest absolute Gasteiger partial charge is 0.338 e. The molecule has 0 aromatic heterocycles. The van der Waals surface area contributed by atoms with Gasteiger partial charge in [-0.3, -0.25) is 4.31 Å². The van der Waals surface area contributed by atoms with Crippen LogP contribution < -0.4 is 14.5 Å². The van der Waals surface area contributed by atoms with E-state index in [-0.39, 0.29) is 5.75 Å². The Morgan fingerprint density at radius 2 is 2.04 bits per heavy atom. The number of hydrogen-bond donors (Lipinski definition) is 1. The minimum Gasteiger partial charge on any atom is -0.465 e. The van der Waals surface area contributed by atoms with Gasteiger partial charge in [0.2, 0.25) is 10.0 Å². The fourth-order valence-electron chi connectivity index (χ4n) is 3.15. The van der Waals surface area contributed by atoms with Crippen LogP contribution in [0.1, 0.15) is 23.7 Å². The molecule has 2 heterocycles. The minimum absolute atomic E-state index is 0.141. The van der Waals surface area contributed by atoms with E-state index in [0.29, 0.717) is 24.2 Å². The first-order valence-electron chi connectivity index (χ1n) is 7.73. The molecule has 0 unspecified atom stereocenters. The summed E-state index contributed by atoms with van der Waals surface area (Å²) in [5, 5.41) is 3.29. The van der Waals surface area contributed by atoms with E-state index in [1.54, 1.807) is 12.1 Å². The summed E-state index contributed by atoms with van der Waals surface area (Å²) in [7, 11) is -2.00. The van der Waals surface area contributed by atoms with Crippen molar-refractivity contribution in [2.45, 2.75) is 13.3 Å². The SMILES string of the molecule is CCN1CCNc2c1cc(C(=O)OC)cc2N1CCCS1(=O)=O. The maximum Gasteiger partial charge on any atom is 0.338 e. The summed E-state index contributed by atoms with van der Waals surface area (Å²) >= 11 is 0. The van der Waals surface area contributed by atoms with Crippen LogP contribution in [0.15, 0.2) is 12.1 Å². The first-order valence-corrected chi connectivity index (χ1v) is 9.34. The van der Waals surface area contributed by atoms with E-state index in [4.69, 9.17) is 4.74 Å². The highest BCUT2D eigenvalue weighted by atomic mass is 32.2. The predicted octanol–water partition coefficient (Wildman–Crippen LogP) is 1.26. The van der Waals surface area contributed by atoms with Crippen LogP contribution in [0.25, 0.3) is 0 Å². The van der Waals surface area contributed by atoms with Gasteiger partial charge in [-0.2, -0.15) is 0 Å². The van der Waals surface area contributed by atoms with Crippen molar-refractivity contribution in [3.8, 4) is 0 Å². The Balaban J connectivity index is 2.19. The zero-order valence-corrected chi connectivity index (χ0v) is 14.1. The van der Waals surface area contributed by atoms with E-state index < -0.39 is 16.0 Å². The van der Waals surface area contributed by atoms with Crippen LogP contribution in [0, 0.1) is 0 Å². The summed E-state index contributed by atoms with van der Waals surface area (Å²) in [4.78, 5) is 14.1. The Morgan fingerprint density at radius 3 is 2.65 bits per heavy atom. The topological polar surface area (TPSA) is 79.0 Å². The number of anilines is 3. The van der Waals surface area contributed by atoms with Gasteiger partial charge in [-0.15, -0.1) is 0 Å². The molecule has 0 amide bonds. The number of carbonyl (C=O) groups is 1. The zero-order chi connectivity index (χ0) is 16.6. The molecule has 1 N–H and O–H groups in total. The van der Waals surface area contributed by atoms with Crippen molar-refractivity contribution in [3.05, 3.63) is 17.7 Å². The highest BCUT2D eigenvalue weighted by Gasteiger charge is 2.33. The molecule has 2 aliphatic heterocycles. The van der Waals surface area contributed by atoms with Crippen molar-refractivity contribution in [1.82, 2.24) is 0 Å². The molecule has 1 aromatic rings. The van der Waals surface area contributed by atoms with Gasteiger partial charge in [-0.25, -0.2) is 13.2 Å². The second-order valence-corrected chi connectivity index (χ2v) is 7.64. The molecule has 0 bridgehead atoms. The lowest BCUT2D eigenvalue weighted by atomic mass is 10.1. The molecule has 0 saturated carbocycles. The van der Waals surface area contributed by atoms with Crippen molar-refractivity contribution in [2.24, 2.45) is 0 Å². The van der Waals surface area contributed by atoms with Gasteiger partial charge >= 0.3 is 5.97 Å². The quantitative estimate of drug-likeness (QED) is 0.836. The normalized spacial score (nSPS) is 19.2. The molecule has 23 heavy (non-hydrogen) atoms. The summed E-state index contributed by atoms with van der Waals surface area (Å²) in [6, 6.07) is 3.38. The highest BCUT2D eigenvalue weighted by Crippen LogP contribution is 2.41. The Hall–Kier alpha value is -1.96. The monoisotopic (exact) mass is 339 g/mol. The maximum atomic E-state index is 12.3. The van der Waals surface area contributed by atoms with Crippen LogP contribution in [-0.4, -0.2) is 53.4 Å². The van der Waals surface area contributed by atoms with Crippen LogP contribution in [-0.2, 0) is 14.8 Å². The van der Waals surface area contributed by atoms with Gasteiger partial charge in [0, 0.05) is 26.2 Å². The van der Waals surface area contributed by atoms with Crippen molar-refractivity contribution < 1.29 is 17.9 Å². The lowest BCUT2D eigenvalue weighted by Gasteiger charge is -2.34. The summed E-state index contributed by atoms with van der Waals surface area (Å²) in [5.41, 5.74) is 2.53. The number of hydrogen-bond acceptors (Lipinski definition) is 6. The fraction of sp³-hybridized carbons (Fsp3) is 0.533. The molecule has 0 aliphatic carbocycles. The molecule has 1 saturated heterocycles. The van der Waals surface area contributed by atoms with Crippen LogP contribution >= 0.6 is 0 Å². The average Bonchev–Trinajstić information content (AvgIpc) is 2.91. The number of methoxy groups -OCH3 is 1. The molecule has 8 heteroatoms. The Labute approximate surface area is 136 Å². The van der Waals surface area contributed by atoms with Crippen molar-refractivity contribution in [2.75, 3.05) is 53.6 Å². The third-order valence-corrected chi connectivity index (χ3v) is 6.15. The second-order valence-electron chi connectivity index (χ2n) is 5.63. The van der Waals surface area contributed by atoms with Crippen LogP contribution in [0.4, 0.5) is 17.1 Å². The standard InChI is InChI=1S/C15H21N3O4S/c1-3-17-7-5-16-14-12(17)9-11(15(19)22-2)10-13(14)18-6-4-8-23(18,20)21/h9-10,16H,3-8H2,1-2H3. The molecule has 7 nitrogen and oxygen atoms in total. The molecule has 0 spiro atoms. The van der Waals surface area contributed by atoms with Gasteiger partial charge < -0.3 is 15.0 Å². The van der Waals surface area contributed by atoms with E-state index >= 15 is 0 Å². The number of likely N-dealkylation sites (N-methyl/N-ethyl adjacent to an activating group) is 1. The first-order chi connectivity index (χ1) is 11.0. The van der Waals surface area contributed by atoms with Crippen LogP contribution in [0.5, 0.6) is 0 Å². The van der Waals surface area contributed by atoms with Gasteiger partial charge in [0.25, 0.3) is 0 Å². The minimum atomic E-state index is -3.32. The van der Waals surface area contributed by atoms with Crippen molar-refractivity contribution in [1.29, 1.82) is 0 Å². The number of ether oxygens (including phenoxy) is 1. The number of benzene rings is 1. The molecule has 0 radical (unpaired) electrons. The maximum absolute atomic E-state index is 12.3. The summed E-state index contributed by atoms with van der Waals surface area (Å²) in [6.07, 6.45) is 0.594. The molecule has 126 valence electrons. The number of esters is 1. The zero-order valence-electron chi connectivity index (χ0n) is 13.3. The van der Waals surface area contributed by atoms with Crippen molar-refractivity contribution >= 4 is 33.1 Å². The number of carbonyl (C=O) groups excluding carboxylic acids is 1. The molecule has 1 fully saturated rings. The van der Waals surface area contributed by atoms with Crippen LogP contribution in [0.3, 0.4) is 0 Å². The van der Waals surface area contributed by atoms with E-state index in [1.807, 2.05) is 6.92 Å². The summed E-state index contributed by atoms with van der Waals surface area (Å²) in [5.74, 6) is -0.325. The van der Waals surface area contributed by atoms with E-state index in [2.05, 4.69) is 10.2 Å². The van der Waals surface area contributed by atoms with E-state index in [0.717, 1.165) is 31.0 Å². The van der Waals surface area contributed by atoms with E-state index in [9.17, 15) is 13.2 Å². The molecule has 0 atom stereocenters. The van der Waals surface area contributed by atoms with Gasteiger partial charge in [0.05, 0.1) is 35.5 Å². The van der Waals surface area contributed by atoms with Crippen molar-refractivity contribution in [3.63, 3.8) is 0 Å². The van der Waals surface area contributed by atoms with Gasteiger partial charge in [-0.1, -0.05) is 0 Å². The lowest BCUT2D eigenvalue weighted by molar-refractivity contribution is 0.0601. The average molecular weight is 339 g/mol. The molecular weight excluding hydrogens is 318 g/mol. The molecule has 3 rings (SSSR count). The third-order valence-electron chi connectivity index (χ3n) is 4.29. The van der Waals surface area contributed by atoms with Gasteiger partial charge in [0.1, 0.15) is 0 Å².